The van der Waals surface area contributed by atoms with Gasteiger partial charge in [0.15, 0.2) is 0 Å². The number of fused-ring (bicyclic) bond motifs is 1. The smallest absolute Gasteiger partial charge is 0.250 e. The van der Waals surface area contributed by atoms with Crippen molar-refractivity contribution in [1.82, 2.24) is 20.5 Å². The van der Waals surface area contributed by atoms with E-state index in [0.29, 0.717) is 42.3 Å². The van der Waals surface area contributed by atoms with Crippen molar-refractivity contribution in [2.75, 3.05) is 12.3 Å². The molecule has 0 saturated carbocycles. The number of carbonyl (C=O) groups is 3. The van der Waals surface area contributed by atoms with Crippen molar-refractivity contribution in [2.24, 2.45) is 0 Å². The van der Waals surface area contributed by atoms with Crippen LogP contribution in [0.4, 0.5) is 5.82 Å². The lowest BCUT2D eigenvalue weighted by Crippen LogP contribution is -2.49. The molecule has 3 aromatic rings. The number of nitrogens with one attached hydrogen (secondary N) is 2. The highest BCUT2D eigenvalue weighted by Crippen LogP contribution is 2.25. The Kier molecular flexibility index (Phi) is 6.98. The van der Waals surface area contributed by atoms with Crippen LogP contribution in [0, 0.1) is 0 Å². The van der Waals surface area contributed by atoms with E-state index < -0.39 is 12.1 Å². The van der Waals surface area contributed by atoms with Gasteiger partial charge in [-0.2, -0.15) is 0 Å². The fourth-order valence-electron chi connectivity index (χ4n) is 4.28. The van der Waals surface area contributed by atoms with Crippen LogP contribution in [0.15, 0.2) is 54.7 Å². The molecule has 4 N–H and O–H groups in total. The molecule has 1 unspecified atom stereocenters. The van der Waals surface area contributed by atoms with E-state index in [9.17, 15) is 14.4 Å². The van der Waals surface area contributed by atoms with E-state index in [-0.39, 0.29) is 17.7 Å². The summed E-state index contributed by atoms with van der Waals surface area (Å²) in [4.78, 5) is 43.9. The second-order valence-corrected chi connectivity index (χ2v) is 8.78. The molecule has 3 amide bonds. The molecule has 1 aliphatic rings. The zero-order chi connectivity index (χ0) is 24.2. The van der Waals surface area contributed by atoms with Crippen LogP contribution in [0.25, 0.3) is 10.8 Å². The highest BCUT2D eigenvalue weighted by molar-refractivity contribution is 6.30. The van der Waals surface area contributed by atoms with E-state index >= 15 is 0 Å². The summed E-state index contributed by atoms with van der Waals surface area (Å²) >= 11 is 5.97. The lowest BCUT2D eigenvalue weighted by Gasteiger charge is -2.29. The number of aromatic nitrogens is 1. The SMILES string of the molecule is CC(=O)NC(C(=O)N1CCC[C@H]1C(=O)NCc1ccc2c(N)nccc2c1)c1ccc(Cl)cc1. The van der Waals surface area contributed by atoms with Crippen molar-refractivity contribution in [1.29, 1.82) is 0 Å². The fraction of sp³-hybridized carbons (Fsp3) is 0.280. The molecule has 4 rings (SSSR count). The molecule has 0 aliphatic carbocycles. The molecular weight excluding hydrogens is 454 g/mol. The van der Waals surface area contributed by atoms with Crippen LogP contribution in [0.2, 0.25) is 5.02 Å². The zero-order valence-electron chi connectivity index (χ0n) is 18.8. The molecule has 8 nitrogen and oxygen atoms in total. The van der Waals surface area contributed by atoms with Gasteiger partial charge in [-0.1, -0.05) is 35.9 Å². The second kappa shape index (κ2) is 10.1. The van der Waals surface area contributed by atoms with Gasteiger partial charge < -0.3 is 21.3 Å². The molecule has 2 aromatic carbocycles. The Balaban J connectivity index is 1.47. The summed E-state index contributed by atoms with van der Waals surface area (Å²) < 4.78 is 0. The third-order valence-electron chi connectivity index (χ3n) is 5.96. The van der Waals surface area contributed by atoms with Gasteiger partial charge in [0.2, 0.25) is 17.7 Å². The maximum atomic E-state index is 13.4. The molecule has 0 spiro atoms. The lowest BCUT2D eigenvalue weighted by molar-refractivity contribution is -0.141. The average molecular weight is 480 g/mol. The predicted molar refractivity (Wildman–Crippen MR) is 131 cm³/mol. The summed E-state index contributed by atoms with van der Waals surface area (Å²) in [6.45, 7) is 2.13. The number of carbonyl (C=O) groups excluding carboxylic acids is 3. The molecule has 1 aromatic heterocycles. The minimum Gasteiger partial charge on any atom is -0.383 e. The molecule has 0 bridgehead atoms. The number of benzene rings is 2. The molecule has 176 valence electrons. The quantitative estimate of drug-likeness (QED) is 0.502. The summed E-state index contributed by atoms with van der Waals surface area (Å²) in [7, 11) is 0. The largest absolute Gasteiger partial charge is 0.383 e. The van der Waals surface area contributed by atoms with Crippen LogP contribution in [0.3, 0.4) is 0 Å². The van der Waals surface area contributed by atoms with Gasteiger partial charge in [-0.25, -0.2) is 4.98 Å². The summed E-state index contributed by atoms with van der Waals surface area (Å²) in [6.07, 6.45) is 2.92. The van der Waals surface area contributed by atoms with E-state index in [2.05, 4.69) is 15.6 Å². The molecular formula is C25H26ClN5O3. The van der Waals surface area contributed by atoms with Gasteiger partial charge in [0.1, 0.15) is 17.9 Å². The molecule has 2 atom stereocenters. The number of amides is 3. The van der Waals surface area contributed by atoms with E-state index in [0.717, 1.165) is 16.3 Å². The number of likely N-dealkylation sites (tertiary alicyclic amines) is 1. The standard InChI is InChI=1S/C25H26ClN5O3/c1-15(32)30-22(17-5-7-19(26)8-6-17)25(34)31-12-2-3-21(31)24(33)29-14-16-4-9-20-18(13-16)10-11-28-23(20)27/h4-11,13,21-22H,2-3,12,14H2,1H3,(H2,27,28)(H,29,33)(H,30,32)/t21-,22?/m0/s1. The van der Waals surface area contributed by atoms with E-state index in [1.807, 2.05) is 24.3 Å². The number of pyridine rings is 1. The van der Waals surface area contributed by atoms with Crippen LogP contribution in [-0.4, -0.2) is 40.2 Å². The minimum atomic E-state index is -0.886. The molecule has 0 radical (unpaired) electrons. The first kappa shape index (κ1) is 23.5. The fourth-order valence-corrected chi connectivity index (χ4v) is 4.41. The van der Waals surface area contributed by atoms with E-state index in [1.165, 1.54) is 6.92 Å². The van der Waals surface area contributed by atoms with Crippen LogP contribution < -0.4 is 16.4 Å². The number of nitrogens with two attached hydrogens (primary N) is 1. The van der Waals surface area contributed by atoms with Gasteiger partial charge in [-0.05, 0) is 53.6 Å². The first-order chi connectivity index (χ1) is 16.3. The summed E-state index contributed by atoms with van der Waals surface area (Å²) in [5, 5.41) is 7.99. The van der Waals surface area contributed by atoms with Crippen molar-refractivity contribution < 1.29 is 14.4 Å². The van der Waals surface area contributed by atoms with Gasteiger partial charge >= 0.3 is 0 Å². The number of nitrogen functional groups attached to an aromatic ring is 1. The highest BCUT2D eigenvalue weighted by Gasteiger charge is 2.37. The number of hydrogen-bond donors (Lipinski definition) is 3. The van der Waals surface area contributed by atoms with Crippen LogP contribution >= 0.6 is 11.6 Å². The first-order valence-corrected chi connectivity index (χ1v) is 11.4. The van der Waals surface area contributed by atoms with Crippen LogP contribution in [-0.2, 0) is 20.9 Å². The molecule has 9 heteroatoms. The van der Waals surface area contributed by atoms with Crippen molar-refractivity contribution in [3.8, 4) is 0 Å². The molecule has 1 saturated heterocycles. The van der Waals surface area contributed by atoms with Gasteiger partial charge in [0.25, 0.3) is 0 Å². The first-order valence-electron chi connectivity index (χ1n) is 11.1. The van der Waals surface area contributed by atoms with E-state index in [1.54, 1.807) is 35.4 Å². The van der Waals surface area contributed by atoms with Gasteiger partial charge in [-0.15, -0.1) is 0 Å². The van der Waals surface area contributed by atoms with Crippen molar-refractivity contribution in [3.05, 3.63) is 70.9 Å². The van der Waals surface area contributed by atoms with E-state index in [4.69, 9.17) is 17.3 Å². The van der Waals surface area contributed by atoms with Crippen molar-refractivity contribution in [2.45, 2.75) is 38.4 Å². The maximum Gasteiger partial charge on any atom is 0.250 e. The third-order valence-corrected chi connectivity index (χ3v) is 6.21. The predicted octanol–water partition coefficient (Wildman–Crippen LogP) is 2.96. The van der Waals surface area contributed by atoms with Crippen LogP contribution in [0.1, 0.15) is 36.9 Å². The molecule has 1 fully saturated rings. The normalized spacial score (nSPS) is 16.3. The second-order valence-electron chi connectivity index (χ2n) is 8.34. The van der Waals surface area contributed by atoms with Gasteiger partial charge in [0.05, 0.1) is 0 Å². The Labute approximate surface area is 202 Å². The average Bonchev–Trinajstić information content (AvgIpc) is 3.31. The summed E-state index contributed by atoms with van der Waals surface area (Å²) in [5.41, 5.74) is 7.44. The number of anilines is 1. The Morgan fingerprint density at radius 1 is 1.18 bits per heavy atom. The van der Waals surface area contributed by atoms with Gasteiger partial charge in [-0.3, -0.25) is 14.4 Å². The van der Waals surface area contributed by atoms with Crippen molar-refractivity contribution in [3.63, 3.8) is 0 Å². The highest BCUT2D eigenvalue weighted by atomic mass is 35.5. The third kappa shape index (κ3) is 5.12. The number of nitrogens with zero attached hydrogens (tertiary/aromatic N) is 2. The molecule has 1 aliphatic heterocycles. The summed E-state index contributed by atoms with van der Waals surface area (Å²) in [6, 6.07) is 12.9. The number of hydrogen-bond acceptors (Lipinski definition) is 5. The minimum absolute atomic E-state index is 0.224. The Bertz CT molecular complexity index is 1230. The summed E-state index contributed by atoms with van der Waals surface area (Å²) in [5.74, 6) is -0.412. The maximum absolute atomic E-state index is 13.4. The Morgan fingerprint density at radius 3 is 2.68 bits per heavy atom. The van der Waals surface area contributed by atoms with Crippen molar-refractivity contribution >= 4 is 45.9 Å². The topological polar surface area (TPSA) is 117 Å². The lowest BCUT2D eigenvalue weighted by atomic mass is 10.0. The number of halogens is 1. The number of rotatable bonds is 6. The Hall–Kier alpha value is -3.65. The zero-order valence-corrected chi connectivity index (χ0v) is 19.5. The Morgan fingerprint density at radius 2 is 1.94 bits per heavy atom. The molecule has 2 heterocycles. The van der Waals surface area contributed by atoms with Gasteiger partial charge in [0, 0.05) is 36.6 Å². The molecule has 34 heavy (non-hydrogen) atoms. The van der Waals surface area contributed by atoms with Crippen LogP contribution in [0.5, 0.6) is 0 Å². The monoisotopic (exact) mass is 479 g/mol.